The van der Waals surface area contributed by atoms with Gasteiger partial charge in [0.05, 0.1) is 13.2 Å². The Bertz CT molecular complexity index is 78.9. The van der Waals surface area contributed by atoms with Gasteiger partial charge in [-0.1, -0.05) is 13.8 Å². The van der Waals surface area contributed by atoms with E-state index in [1.54, 1.807) is 0 Å². The molecule has 1 aliphatic heterocycles. The third kappa shape index (κ3) is 2.33. The van der Waals surface area contributed by atoms with Crippen molar-refractivity contribution in [1.82, 2.24) is 0 Å². The molecule has 2 nitrogen and oxygen atoms in total. The first kappa shape index (κ1) is 7.03. The predicted octanol–water partition coefficient (Wildman–Crippen LogP) is 1.41. The molecule has 0 aromatic rings. The van der Waals surface area contributed by atoms with Crippen LogP contribution in [0.15, 0.2) is 0 Å². The minimum atomic E-state index is 0.316. The second-order valence-electron chi connectivity index (χ2n) is 3.29. The van der Waals surface area contributed by atoms with E-state index in [4.69, 9.17) is 9.47 Å². The molecule has 0 spiro atoms. The predicted molar refractivity (Wildman–Crippen MR) is 35.2 cm³/mol. The van der Waals surface area contributed by atoms with E-state index in [1.165, 1.54) is 0 Å². The van der Waals surface area contributed by atoms with Gasteiger partial charge in [-0.25, -0.2) is 0 Å². The van der Waals surface area contributed by atoms with Gasteiger partial charge in [0.1, 0.15) is 6.79 Å². The van der Waals surface area contributed by atoms with E-state index >= 15 is 0 Å². The molecule has 9 heavy (non-hydrogen) atoms. The standard InChI is InChI=1S/C7H14O2/c1-7(2)3-4-8-6-9-5-7/h3-6H2,1-2H3. The fraction of sp³-hybridized carbons (Fsp3) is 1.00. The number of hydrogen-bond acceptors (Lipinski definition) is 2. The molecule has 0 unspecified atom stereocenters. The van der Waals surface area contributed by atoms with Crippen LogP contribution in [0.25, 0.3) is 0 Å². The van der Waals surface area contributed by atoms with Crippen molar-refractivity contribution in [2.45, 2.75) is 20.3 Å². The van der Waals surface area contributed by atoms with E-state index in [2.05, 4.69) is 13.8 Å². The van der Waals surface area contributed by atoms with Crippen LogP contribution in [0.3, 0.4) is 0 Å². The van der Waals surface area contributed by atoms with Gasteiger partial charge in [0.2, 0.25) is 0 Å². The van der Waals surface area contributed by atoms with Crippen LogP contribution in [0.1, 0.15) is 20.3 Å². The maximum absolute atomic E-state index is 5.19. The van der Waals surface area contributed by atoms with Crippen LogP contribution in [-0.4, -0.2) is 20.0 Å². The molecule has 2 heteroatoms. The third-order valence-corrected chi connectivity index (χ3v) is 1.58. The van der Waals surface area contributed by atoms with Crippen molar-refractivity contribution < 1.29 is 9.47 Å². The molecule has 0 atom stereocenters. The Hall–Kier alpha value is -0.0800. The van der Waals surface area contributed by atoms with Crippen molar-refractivity contribution in [3.63, 3.8) is 0 Å². The van der Waals surface area contributed by atoms with Crippen LogP contribution >= 0.6 is 0 Å². The van der Waals surface area contributed by atoms with Gasteiger partial charge in [0.25, 0.3) is 0 Å². The summed E-state index contributed by atoms with van der Waals surface area (Å²) in [5, 5.41) is 0. The Labute approximate surface area is 56.2 Å². The molecule has 1 heterocycles. The zero-order valence-corrected chi connectivity index (χ0v) is 6.14. The minimum absolute atomic E-state index is 0.316. The summed E-state index contributed by atoms with van der Waals surface area (Å²) in [6, 6.07) is 0. The molecule has 0 N–H and O–H groups in total. The van der Waals surface area contributed by atoms with E-state index in [0.717, 1.165) is 19.6 Å². The van der Waals surface area contributed by atoms with Gasteiger partial charge in [-0.2, -0.15) is 0 Å². The van der Waals surface area contributed by atoms with Gasteiger partial charge < -0.3 is 9.47 Å². The molecule has 1 aliphatic rings. The van der Waals surface area contributed by atoms with Gasteiger partial charge in [-0.15, -0.1) is 0 Å². The number of hydrogen-bond donors (Lipinski definition) is 0. The van der Waals surface area contributed by atoms with Gasteiger partial charge in [-0.3, -0.25) is 0 Å². The second kappa shape index (κ2) is 2.67. The van der Waals surface area contributed by atoms with Crippen molar-refractivity contribution in [3.8, 4) is 0 Å². The Balaban J connectivity index is 2.36. The van der Waals surface area contributed by atoms with E-state index in [-0.39, 0.29) is 0 Å². The fourth-order valence-corrected chi connectivity index (χ4v) is 0.856. The highest BCUT2D eigenvalue weighted by atomic mass is 16.7. The highest BCUT2D eigenvalue weighted by Gasteiger charge is 2.19. The molecule has 1 saturated heterocycles. The number of ether oxygens (including phenoxy) is 2. The third-order valence-electron chi connectivity index (χ3n) is 1.58. The summed E-state index contributed by atoms with van der Waals surface area (Å²) in [6.07, 6.45) is 1.10. The van der Waals surface area contributed by atoms with Crippen molar-refractivity contribution in [2.75, 3.05) is 20.0 Å². The second-order valence-corrected chi connectivity index (χ2v) is 3.29. The summed E-state index contributed by atoms with van der Waals surface area (Å²) in [5.74, 6) is 0. The van der Waals surface area contributed by atoms with Gasteiger partial charge in [0, 0.05) is 0 Å². The van der Waals surface area contributed by atoms with Gasteiger partial charge in [-0.05, 0) is 11.8 Å². The summed E-state index contributed by atoms with van der Waals surface area (Å²) >= 11 is 0. The lowest BCUT2D eigenvalue weighted by atomic mass is 9.91. The summed E-state index contributed by atoms with van der Waals surface area (Å²) < 4.78 is 10.3. The van der Waals surface area contributed by atoms with Crippen LogP contribution in [0, 0.1) is 5.41 Å². The van der Waals surface area contributed by atoms with Crippen molar-refractivity contribution >= 4 is 0 Å². The first-order valence-electron chi connectivity index (χ1n) is 3.36. The van der Waals surface area contributed by atoms with Crippen LogP contribution in [0.2, 0.25) is 0 Å². The lowest BCUT2D eigenvalue weighted by molar-refractivity contribution is -0.0403. The SMILES string of the molecule is CC1(C)CCOCOC1. The molecule has 1 fully saturated rings. The Kier molecular flexibility index (Phi) is 2.09. The topological polar surface area (TPSA) is 18.5 Å². The summed E-state index contributed by atoms with van der Waals surface area (Å²) in [5.41, 5.74) is 0.316. The quantitative estimate of drug-likeness (QED) is 0.493. The Morgan fingerprint density at radius 1 is 1.22 bits per heavy atom. The molecular formula is C7H14O2. The average Bonchev–Trinajstić information content (AvgIpc) is 1.92. The van der Waals surface area contributed by atoms with Crippen molar-refractivity contribution in [2.24, 2.45) is 5.41 Å². The molecule has 0 saturated carbocycles. The molecule has 0 amide bonds. The van der Waals surface area contributed by atoms with Crippen LogP contribution in [-0.2, 0) is 9.47 Å². The summed E-state index contributed by atoms with van der Waals surface area (Å²) in [6.45, 7) is 6.53. The average molecular weight is 130 g/mol. The van der Waals surface area contributed by atoms with Crippen molar-refractivity contribution in [1.29, 1.82) is 0 Å². The molecule has 1 rings (SSSR count). The molecule has 0 radical (unpaired) electrons. The zero-order valence-electron chi connectivity index (χ0n) is 6.14. The molecule has 0 bridgehead atoms. The van der Waals surface area contributed by atoms with E-state index < -0.39 is 0 Å². The summed E-state index contributed by atoms with van der Waals surface area (Å²) in [4.78, 5) is 0. The lowest BCUT2D eigenvalue weighted by Gasteiger charge is -2.19. The van der Waals surface area contributed by atoms with Crippen LogP contribution in [0.4, 0.5) is 0 Å². The maximum Gasteiger partial charge on any atom is 0.146 e. The molecule has 0 aromatic carbocycles. The Morgan fingerprint density at radius 3 is 2.78 bits per heavy atom. The molecule has 54 valence electrons. The highest BCUT2D eigenvalue weighted by Crippen LogP contribution is 2.22. The van der Waals surface area contributed by atoms with Crippen molar-refractivity contribution in [3.05, 3.63) is 0 Å². The smallest absolute Gasteiger partial charge is 0.146 e. The fourth-order valence-electron chi connectivity index (χ4n) is 0.856. The summed E-state index contributed by atoms with van der Waals surface area (Å²) in [7, 11) is 0. The first-order valence-corrected chi connectivity index (χ1v) is 3.36. The highest BCUT2D eigenvalue weighted by molar-refractivity contribution is 4.67. The molecule has 0 aromatic heterocycles. The zero-order chi connectivity index (χ0) is 6.74. The maximum atomic E-state index is 5.19. The first-order chi connectivity index (χ1) is 4.21. The van der Waals surface area contributed by atoms with E-state index in [9.17, 15) is 0 Å². The Morgan fingerprint density at radius 2 is 2.00 bits per heavy atom. The molecule has 0 aliphatic carbocycles. The van der Waals surface area contributed by atoms with E-state index in [0.29, 0.717) is 12.2 Å². The van der Waals surface area contributed by atoms with Gasteiger partial charge in [0.15, 0.2) is 0 Å². The van der Waals surface area contributed by atoms with E-state index in [1.807, 2.05) is 0 Å². The molecular weight excluding hydrogens is 116 g/mol. The van der Waals surface area contributed by atoms with Crippen LogP contribution in [0.5, 0.6) is 0 Å². The van der Waals surface area contributed by atoms with Gasteiger partial charge >= 0.3 is 0 Å². The minimum Gasteiger partial charge on any atom is -0.355 e. The monoisotopic (exact) mass is 130 g/mol. The largest absolute Gasteiger partial charge is 0.355 e. The lowest BCUT2D eigenvalue weighted by Crippen LogP contribution is -2.17. The normalized spacial score (nSPS) is 27.3. The number of rotatable bonds is 0. The van der Waals surface area contributed by atoms with Crippen LogP contribution < -0.4 is 0 Å².